The molecule has 35 heavy (non-hydrogen) atoms. The van der Waals surface area contributed by atoms with Gasteiger partial charge in [-0.2, -0.15) is 4.31 Å². The number of fused-ring (bicyclic) bond motifs is 2. The number of hydrogen-bond donors (Lipinski definition) is 0. The number of nitrogens with zero attached hydrogens (tertiary/aromatic N) is 2. The Kier molecular flexibility index (Phi) is 8.12. The van der Waals surface area contributed by atoms with Crippen LogP contribution in [0.25, 0.3) is 0 Å². The number of hydrogen-bond acceptors (Lipinski definition) is 4. The third kappa shape index (κ3) is 5.54. The minimum absolute atomic E-state index is 0.0400. The zero-order valence-electron chi connectivity index (χ0n) is 20.6. The first-order valence-corrected chi connectivity index (χ1v) is 14.1. The Hall–Kier alpha value is -2.45. The molecule has 0 spiro atoms. The van der Waals surface area contributed by atoms with E-state index in [-0.39, 0.29) is 22.9 Å². The van der Waals surface area contributed by atoms with Crippen LogP contribution in [-0.2, 0) is 10.0 Å². The summed E-state index contributed by atoms with van der Waals surface area (Å²) in [5.74, 6) is 0.0134. The Bertz CT molecular complexity index is 1150. The number of amides is 1. The van der Waals surface area contributed by atoms with Crippen molar-refractivity contribution in [3.63, 3.8) is 0 Å². The van der Waals surface area contributed by atoms with Crippen molar-refractivity contribution in [2.24, 2.45) is 0 Å². The minimum Gasteiger partial charge on any atom is -0.488 e. The molecule has 0 radical (unpaired) electrons. The van der Waals surface area contributed by atoms with E-state index in [9.17, 15) is 17.6 Å². The molecule has 1 aliphatic carbocycles. The first-order valence-electron chi connectivity index (χ1n) is 12.7. The Labute approximate surface area is 208 Å². The van der Waals surface area contributed by atoms with Crippen molar-refractivity contribution < 1.29 is 22.3 Å². The van der Waals surface area contributed by atoms with Crippen molar-refractivity contribution in [3.05, 3.63) is 59.4 Å². The van der Waals surface area contributed by atoms with Gasteiger partial charge in [-0.1, -0.05) is 25.5 Å². The van der Waals surface area contributed by atoms with Crippen LogP contribution in [0.3, 0.4) is 0 Å². The number of benzene rings is 2. The molecule has 1 aliphatic heterocycles. The van der Waals surface area contributed by atoms with Crippen LogP contribution in [0.4, 0.5) is 4.39 Å². The van der Waals surface area contributed by atoms with Crippen molar-refractivity contribution in [3.8, 4) is 5.75 Å². The van der Waals surface area contributed by atoms with E-state index in [1.54, 1.807) is 23.4 Å². The summed E-state index contributed by atoms with van der Waals surface area (Å²) in [6, 6.07) is 10.8. The van der Waals surface area contributed by atoms with Crippen LogP contribution < -0.4 is 4.74 Å². The summed E-state index contributed by atoms with van der Waals surface area (Å²) in [6.07, 6.45) is 5.02. The number of aryl methyl sites for hydroxylation is 1. The lowest BCUT2D eigenvalue weighted by atomic mass is 9.92. The van der Waals surface area contributed by atoms with Crippen LogP contribution in [0, 0.1) is 12.7 Å². The van der Waals surface area contributed by atoms with Gasteiger partial charge in [-0.15, -0.1) is 0 Å². The van der Waals surface area contributed by atoms with E-state index in [0.29, 0.717) is 62.2 Å². The summed E-state index contributed by atoms with van der Waals surface area (Å²) in [7, 11) is -3.87. The summed E-state index contributed by atoms with van der Waals surface area (Å²) in [4.78, 5) is 15.4. The summed E-state index contributed by atoms with van der Waals surface area (Å²) in [5.41, 5.74) is 0.920. The number of para-hydroxylation sites is 1. The van der Waals surface area contributed by atoms with Crippen molar-refractivity contribution >= 4 is 15.9 Å². The second-order valence-corrected chi connectivity index (χ2v) is 11.4. The largest absolute Gasteiger partial charge is 0.488 e. The molecule has 2 aromatic rings. The smallest absolute Gasteiger partial charge is 0.257 e. The van der Waals surface area contributed by atoms with Gasteiger partial charge < -0.3 is 9.64 Å². The van der Waals surface area contributed by atoms with Gasteiger partial charge in [0.15, 0.2) is 0 Å². The number of carbonyl (C=O) groups excluding carboxylic acids is 1. The molecule has 1 saturated carbocycles. The Morgan fingerprint density at radius 2 is 1.77 bits per heavy atom. The number of halogens is 1. The zero-order chi connectivity index (χ0) is 25.0. The van der Waals surface area contributed by atoms with Gasteiger partial charge in [0.2, 0.25) is 10.0 Å². The molecule has 190 valence electrons. The van der Waals surface area contributed by atoms with Gasteiger partial charge in [0.05, 0.1) is 16.5 Å². The van der Waals surface area contributed by atoms with Gasteiger partial charge >= 0.3 is 0 Å². The van der Waals surface area contributed by atoms with E-state index in [1.807, 2.05) is 24.0 Å². The van der Waals surface area contributed by atoms with Crippen LogP contribution >= 0.6 is 0 Å². The zero-order valence-corrected chi connectivity index (χ0v) is 21.4. The fraction of sp³-hybridized carbons (Fsp3) is 0.519. The lowest BCUT2D eigenvalue weighted by molar-refractivity contribution is 0.0636. The molecular weight excluding hydrogens is 467 g/mol. The van der Waals surface area contributed by atoms with E-state index < -0.39 is 15.8 Å². The highest BCUT2D eigenvalue weighted by Gasteiger charge is 2.40. The Morgan fingerprint density at radius 3 is 2.54 bits per heavy atom. The second kappa shape index (κ2) is 11.1. The fourth-order valence-corrected chi connectivity index (χ4v) is 7.20. The van der Waals surface area contributed by atoms with Gasteiger partial charge in [-0.05, 0) is 81.3 Å². The van der Waals surface area contributed by atoms with Gasteiger partial charge in [-0.3, -0.25) is 4.79 Å². The molecule has 8 heteroatoms. The Morgan fingerprint density at radius 1 is 1.03 bits per heavy atom. The standard InChI is InChI=1S/C27H35FN2O4S/c1-3-16-29-17-8-9-18-30(35(32,33)26-15-14-21(28)19-20(26)2)23-11-5-7-13-25(23)34-24-12-6-4-10-22(24)27(29)31/h4,6,10,12,14-15,19,23,25H,3,5,7-9,11,13,16-18H2,1-2H3/t23-,25+/m1/s1. The first-order chi connectivity index (χ1) is 16.8. The maximum atomic E-state index is 13.9. The molecule has 2 aromatic carbocycles. The quantitative estimate of drug-likeness (QED) is 0.579. The van der Waals surface area contributed by atoms with Crippen LogP contribution in [-0.4, -0.2) is 55.3 Å². The predicted octanol–water partition coefficient (Wildman–Crippen LogP) is 5.16. The minimum atomic E-state index is -3.87. The van der Waals surface area contributed by atoms with Crippen molar-refractivity contribution in [2.45, 2.75) is 75.8 Å². The SMILES string of the molecule is CCCN1CCCCN(S(=O)(=O)c2ccc(F)cc2C)[C@@H]2CCCC[C@@H]2Oc2ccccc2C1=O. The topological polar surface area (TPSA) is 66.9 Å². The summed E-state index contributed by atoms with van der Waals surface area (Å²) >= 11 is 0. The second-order valence-electron chi connectivity index (χ2n) is 9.53. The molecule has 1 fully saturated rings. The highest BCUT2D eigenvalue weighted by atomic mass is 32.2. The molecule has 6 nitrogen and oxygen atoms in total. The summed E-state index contributed by atoms with van der Waals surface area (Å²) < 4.78 is 49.7. The first kappa shape index (κ1) is 25.6. The highest BCUT2D eigenvalue weighted by Crippen LogP contribution is 2.34. The van der Waals surface area contributed by atoms with Crippen LogP contribution in [0.2, 0.25) is 0 Å². The van der Waals surface area contributed by atoms with E-state index in [0.717, 1.165) is 19.3 Å². The van der Waals surface area contributed by atoms with Crippen LogP contribution in [0.1, 0.15) is 67.8 Å². The van der Waals surface area contributed by atoms with Gasteiger partial charge in [0.25, 0.3) is 5.91 Å². The molecule has 0 N–H and O–H groups in total. The van der Waals surface area contributed by atoms with Crippen molar-refractivity contribution in [1.82, 2.24) is 9.21 Å². The molecule has 0 bridgehead atoms. The third-order valence-corrected chi connectivity index (χ3v) is 9.08. The third-order valence-electron chi connectivity index (χ3n) is 6.99. The predicted molar refractivity (Wildman–Crippen MR) is 134 cm³/mol. The van der Waals surface area contributed by atoms with Gasteiger partial charge in [-0.25, -0.2) is 12.8 Å². The summed E-state index contributed by atoms with van der Waals surface area (Å²) in [6.45, 7) is 5.19. The molecule has 2 aliphatic rings. The maximum absolute atomic E-state index is 13.9. The lowest BCUT2D eigenvalue weighted by Crippen LogP contribution is -2.51. The average Bonchev–Trinajstić information content (AvgIpc) is 2.83. The molecule has 0 unspecified atom stereocenters. The van der Waals surface area contributed by atoms with Gasteiger partial charge in [0.1, 0.15) is 17.7 Å². The molecule has 0 saturated heterocycles. The van der Waals surface area contributed by atoms with E-state index in [4.69, 9.17) is 4.74 Å². The molecule has 0 aromatic heterocycles. The molecule has 4 rings (SSSR count). The Balaban J connectivity index is 1.76. The monoisotopic (exact) mass is 502 g/mol. The van der Waals surface area contributed by atoms with Crippen molar-refractivity contribution in [2.75, 3.05) is 19.6 Å². The van der Waals surface area contributed by atoms with E-state index in [1.165, 1.54) is 18.2 Å². The fourth-order valence-electron chi connectivity index (χ4n) is 5.27. The lowest BCUT2D eigenvalue weighted by Gasteiger charge is -2.40. The maximum Gasteiger partial charge on any atom is 0.257 e. The summed E-state index contributed by atoms with van der Waals surface area (Å²) in [5, 5.41) is 0. The number of carbonyl (C=O) groups is 1. The number of ether oxygens (including phenoxy) is 1. The molecule has 2 atom stereocenters. The number of sulfonamides is 1. The number of rotatable bonds is 4. The molecule has 1 heterocycles. The van der Waals surface area contributed by atoms with Gasteiger partial charge in [0, 0.05) is 19.6 Å². The van der Waals surface area contributed by atoms with Crippen LogP contribution in [0.15, 0.2) is 47.4 Å². The highest BCUT2D eigenvalue weighted by molar-refractivity contribution is 7.89. The molecule has 1 amide bonds. The molecular formula is C27H35FN2O4S. The average molecular weight is 503 g/mol. The van der Waals surface area contributed by atoms with E-state index >= 15 is 0 Å². The normalized spacial score (nSPS) is 22.4. The van der Waals surface area contributed by atoms with Crippen LogP contribution in [0.5, 0.6) is 5.75 Å². The van der Waals surface area contributed by atoms with Crippen molar-refractivity contribution in [1.29, 1.82) is 0 Å². The van der Waals surface area contributed by atoms with E-state index in [2.05, 4.69) is 0 Å².